The SMILES string of the molecule is CC(C)(C)CNCCOc1ccc(Br)cc1. The summed E-state index contributed by atoms with van der Waals surface area (Å²) in [6, 6.07) is 7.90. The zero-order valence-corrected chi connectivity index (χ0v) is 11.8. The van der Waals surface area contributed by atoms with Crippen molar-refractivity contribution >= 4 is 15.9 Å². The van der Waals surface area contributed by atoms with Gasteiger partial charge in [-0.3, -0.25) is 0 Å². The Labute approximate surface area is 107 Å². The van der Waals surface area contributed by atoms with Crippen LogP contribution in [0.5, 0.6) is 5.75 Å². The minimum Gasteiger partial charge on any atom is -0.492 e. The number of nitrogens with one attached hydrogen (secondary N) is 1. The maximum atomic E-state index is 5.59. The van der Waals surface area contributed by atoms with E-state index in [4.69, 9.17) is 4.74 Å². The van der Waals surface area contributed by atoms with E-state index in [0.29, 0.717) is 12.0 Å². The molecule has 2 nitrogen and oxygen atoms in total. The average Bonchev–Trinajstić information content (AvgIpc) is 2.19. The molecule has 0 aliphatic rings. The van der Waals surface area contributed by atoms with Crippen molar-refractivity contribution in [3.63, 3.8) is 0 Å². The van der Waals surface area contributed by atoms with Crippen LogP contribution in [0, 0.1) is 5.41 Å². The molecule has 0 atom stereocenters. The van der Waals surface area contributed by atoms with Gasteiger partial charge in [-0.05, 0) is 29.7 Å². The Bertz CT molecular complexity index is 303. The monoisotopic (exact) mass is 285 g/mol. The molecule has 0 amide bonds. The summed E-state index contributed by atoms with van der Waals surface area (Å²) in [4.78, 5) is 0. The van der Waals surface area contributed by atoms with Crippen LogP contribution in [0.25, 0.3) is 0 Å². The predicted molar refractivity (Wildman–Crippen MR) is 72.0 cm³/mol. The predicted octanol–water partition coefficient (Wildman–Crippen LogP) is 3.46. The highest BCUT2D eigenvalue weighted by molar-refractivity contribution is 9.10. The van der Waals surface area contributed by atoms with Crippen molar-refractivity contribution < 1.29 is 4.74 Å². The van der Waals surface area contributed by atoms with Crippen molar-refractivity contribution in [2.45, 2.75) is 20.8 Å². The molecule has 1 N–H and O–H groups in total. The average molecular weight is 286 g/mol. The van der Waals surface area contributed by atoms with E-state index in [1.54, 1.807) is 0 Å². The Morgan fingerprint density at radius 3 is 2.38 bits per heavy atom. The van der Waals surface area contributed by atoms with Gasteiger partial charge >= 0.3 is 0 Å². The first-order valence-corrected chi connectivity index (χ1v) is 6.36. The summed E-state index contributed by atoms with van der Waals surface area (Å²) < 4.78 is 6.67. The second-order valence-corrected chi connectivity index (χ2v) is 5.96. The van der Waals surface area contributed by atoms with Crippen molar-refractivity contribution in [1.82, 2.24) is 5.32 Å². The van der Waals surface area contributed by atoms with Crippen molar-refractivity contribution in [3.05, 3.63) is 28.7 Å². The number of rotatable bonds is 5. The lowest BCUT2D eigenvalue weighted by molar-refractivity contribution is 0.297. The van der Waals surface area contributed by atoms with Gasteiger partial charge in [-0.15, -0.1) is 0 Å². The molecule has 0 fully saturated rings. The van der Waals surface area contributed by atoms with Crippen LogP contribution in [-0.4, -0.2) is 19.7 Å². The maximum absolute atomic E-state index is 5.59. The lowest BCUT2D eigenvalue weighted by Gasteiger charge is -2.18. The largest absolute Gasteiger partial charge is 0.492 e. The van der Waals surface area contributed by atoms with Gasteiger partial charge in [0.05, 0.1) is 0 Å². The highest BCUT2D eigenvalue weighted by atomic mass is 79.9. The Hall–Kier alpha value is -0.540. The van der Waals surface area contributed by atoms with Gasteiger partial charge in [0.2, 0.25) is 0 Å². The first-order chi connectivity index (χ1) is 7.47. The van der Waals surface area contributed by atoms with Gasteiger partial charge in [0.25, 0.3) is 0 Å². The first kappa shape index (κ1) is 13.5. The van der Waals surface area contributed by atoms with Crippen molar-refractivity contribution in [2.24, 2.45) is 5.41 Å². The van der Waals surface area contributed by atoms with E-state index in [9.17, 15) is 0 Å². The molecule has 0 saturated heterocycles. The molecule has 0 saturated carbocycles. The quantitative estimate of drug-likeness (QED) is 0.837. The van der Waals surface area contributed by atoms with Crippen molar-refractivity contribution in [2.75, 3.05) is 19.7 Å². The van der Waals surface area contributed by atoms with E-state index in [-0.39, 0.29) is 0 Å². The number of halogens is 1. The van der Waals surface area contributed by atoms with Crippen molar-refractivity contribution in [3.8, 4) is 5.75 Å². The molecule has 0 unspecified atom stereocenters. The Kier molecular flexibility index (Phi) is 5.29. The third-order valence-corrected chi connectivity index (χ3v) is 2.55. The molecule has 1 aromatic carbocycles. The first-order valence-electron chi connectivity index (χ1n) is 5.56. The van der Waals surface area contributed by atoms with Crippen LogP contribution >= 0.6 is 15.9 Å². The lowest BCUT2D eigenvalue weighted by Crippen LogP contribution is -2.30. The molecule has 0 aliphatic carbocycles. The van der Waals surface area contributed by atoms with Crippen LogP contribution in [0.15, 0.2) is 28.7 Å². The Morgan fingerprint density at radius 1 is 1.19 bits per heavy atom. The van der Waals surface area contributed by atoms with Gasteiger partial charge < -0.3 is 10.1 Å². The molecule has 0 spiro atoms. The second-order valence-electron chi connectivity index (χ2n) is 5.04. The van der Waals surface area contributed by atoms with Gasteiger partial charge in [0.1, 0.15) is 12.4 Å². The van der Waals surface area contributed by atoms with Crippen LogP contribution < -0.4 is 10.1 Å². The Balaban J connectivity index is 2.14. The molecule has 0 heterocycles. The zero-order valence-electron chi connectivity index (χ0n) is 10.2. The lowest BCUT2D eigenvalue weighted by atomic mass is 9.97. The van der Waals surface area contributed by atoms with Crippen LogP contribution in [0.1, 0.15) is 20.8 Å². The molecule has 0 radical (unpaired) electrons. The van der Waals surface area contributed by atoms with Crippen LogP contribution in [0.4, 0.5) is 0 Å². The molecule has 1 aromatic rings. The van der Waals surface area contributed by atoms with Gasteiger partial charge in [-0.1, -0.05) is 36.7 Å². The van der Waals surface area contributed by atoms with E-state index in [1.807, 2.05) is 24.3 Å². The second kappa shape index (κ2) is 6.26. The zero-order chi connectivity index (χ0) is 12.0. The minimum atomic E-state index is 0.331. The summed E-state index contributed by atoms with van der Waals surface area (Å²) in [5.74, 6) is 0.917. The summed E-state index contributed by atoms with van der Waals surface area (Å²) in [7, 11) is 0. The molecule has 1 rings (SSSR count). The van der Waals surface area contributed by atoms with E-state index in [0.717, 1.165) is 23.3 Å². The van der Waals surface area contributed by atoms with E-state index >= 15 is 0 Å². The standard InChI is InChI=1S/C13H20BrNO/c1-13(2,3)10-15-8-9-16-12-6-4-11(14)5-7-12/h4-7,15H,8-10H2,1-3H3. The number of hydrogen-bond acceptors (Lipinski definition) is 2. The smallest absolute Gasteiger partial charge is 0.119 e. The molecular formula is C13H20BrNO. The fraction of sp³-hybridized carbons (Fsp3) is 0.538. The summed E-state index contributed by atoms with van der Waals surface area (Å²) in [5, 5.41) is 3.37. The topological polar surface area (TPSA) is 21.3 Å². The third kappa shape index (κ3) is 6.13. The fourth-order valence-electron chi connectivity index (χ4n) is 1.24. The summed E-state index contributed by atoms with van der Waals surface area (Å²) in [6.45, 7) is 9.25. The molecule has 16 heavy (non-hydrogen) atoms. The number of benzene rings is 1. The summed E-state index contributed by atoms with van der Waals surface area (Å²) in [5.41, 5.74) is 0.331. The maximum Gasteiger partial charge on any atom is 0.119 e. The van der Waals surface area contributed by atoms with E-state index in [1.165, 1.54) is 0 Å². The van der Waals surface area contributed by atoms with E-state index < -0.39 is 0 Å². The minimum absolute atomic E-state index is 0.331. The van der Waals surface area contributed by atoms with E-state index in [2.05, 4.69) is 42.0 Å². The normalized spacial score (nSPS) is 11.5. The number of hydrogen-bond donors (Lipinski definition) is 1. The summed E-state index contributed by atoms with van der Waals surface area (Å²) in [6.07, 6.45) is 0. The molecule has 0 bridgehead atoms. The van der Waals surface area contributed by atoms with Gasteiger partial charge in [0, 0.05) is 17.6 Å². The highest BCUT2D eigenvalue weighted by Gasteiger charge is 2.08. The summed E-state index contributed by atoms with van der Waals surface area (Å²) >= 11 is 3.39. The Morgan fingerprint density at radius 2 is 1.81 bits per heavy atom. The van der Waals surface area contributed by atoms with Crippen LogP contribution in [-0.2, 0) is 0 Å². The number of ether oxygens (including phenoxy) is 1. The van der Waals surface area contributed by atoms with Crippen LogP contribution in [0.2, 0.25) is 0 Å². The molecule has 0 aliphatic heterocycles. The van der Waals surface area contributed by atoms with Gasteiger partial charge in [-0.2, -0.15) is 0 Å². The molecule has 90 valence electrons. The highest BCUT2D eigenvalue weighted by Crippen LogP contribution is 2.15. The molecule has 0 aromatic heterocycles. The molecular weight excluding hydrogens is 266 g/mol. The third-order valence-electron chi connectivity index (χ3n) is 2.02. The van der Waals surface area contributed by atoms with Crippen molar-refractivity contribution in [1.29, 1.82) is 0 Å². The fourth-order valence-corrected chi connectivity index (χ4v) is 1.50. The van der Waals surface area contributed by atoms with Gasteiger partial charge in [-0.25, -0.2) is 0 Å². The molecule has 3 heteroatoms. The van der Waals surface area contributed by atoms with Crippen LogP contribution in [0.3, 0.4) is 0 Å². The van der Waals surface area contributed by atoms with Gasteiger partial charge in [0.15, 0.2) is 0 Å².